The van der Waals surface area contributed by atoms with Gasteiger partial charge in [0.25, 0.3) is 0 Å². The topological polar surface area (TPSA) is 53.6 Å². The Morgan fingerprint density at radius 2 is 2.08 bits per heavy atom. The molecule has 0 atom stereocenters. The maximum absolute atomic E-state index is 3.77. The molecule has 0 unspecified atom stereocenters. The molecule has 0 aromatic carbocycles. The normalized spacial score (nSPS) is 18.7. The maximum Gasteiger partial charge on any atom is 0.0725 e. The van der Waals surface area contributed by atoms with Crippen LogP contribution in [0.4, 0.5) is 0 Å². The Morgan fingerprint density at radius 3 is 2.67 bits per heavy atom. The van der Waals surface area contributed by atoms with Crippen molar-refractivity contribution in [3.05, 3.63) is 11.9 Å². The van der Waals surface area contributed by atoms with Gasteiger partial charge in [-0.2, -0.15) is 0 Å². The number of aromatic nitrogens is 3. The quantitative estimate of drug-likeness (QED) is 0.682. The molecule has 0 saturated carbocycles. The van der Waals surface area contributed by atoms with E-state index in [9.17, 15) is 0 Å². The number of hydrogen-bond acceptors (Lipinski definition) is 3. The van der Waals surface area contributed by atoms with Crippen molar-refractivity contribution in [1.82, 2.24) is 20.7 Å². The van der Waals surface area contributed by atoms with E-state index in [2.05, 4.69) is 20.7 Å². The summed E-state index contributed by atoms with van der Waals surface area (Å²) < 4.78 is 0. The van der Waals surface area contributed by atoms with E-state index in [4.69, 9.17) is 0 Å². The average molecular weight is 189 g/mol. The molecule has 0 spiro atoms. The summed E-state index contributed by atoms with van der Waals surface area (Å²) in [6.07, 6.45) is 4.23. The minimum atomic E-state index is 0. The molecule has 1 aliphatic rings. The van der Waals surface area contributed by atoms with Gasteiger partial charge < -0.3 is 5.32 Å². The van der Waals surface area contributed by atoms with Crippen LogP contribution in [0.15, 0.2) is 6.20 Å². The Hall–Kier alpha value is -0.610. The van der Waals surface area contributed by atoms with Crippen molar-refractivity contribution in [2.75, 3.05) is 13.1 Å². The van der Waals surface area contributed by atoms with Crippen LogP contribution in [-0.4, -0.2) is 28.5 Å². The van der Waals surface area contributed by atoms with Crippen LogP contribution in [-0.2, 0) is 0 Å². The second-order valence-corrected chi connectivity index (χ2v) is 2.94. The lowest BCUT2D eigenvalue weighted by Crippen LogP contribution is -2.26. The molecule has 68 valence electrons. The molecular formula is C7H13ClN4. The van der Waals surface area contributed by atoms with Gasteiger partial charge in [0.15, 0.2) is 0 Å². The third-order valence-corrected chi connectivity index (χ3v) is 2.21. The van der Waals surface area contributed by atoms with E-state index in [0.717, 1.165) is 13.1 Å². The van der Waals surface area contributed by atoms with Gasteiger partial charge in [0.1, 0.15) is 0 Å². The van der Waals surface area contributed by atoms with Gasteiger partial charge in [0, 0.05) is 5.92 Å². The molecule has 12 heavy (non-hydrogen) atoms. The van der Waals surface area contributed by atoms with Crippen molar-refractivity contribution in [3.8, 4) is 0 Å². The Bertz CT molecular complexity index is 205. The molecule has 2 N–H and O–H groups in total. The first-order valence-corrected chi connectivity index (χ1v) is 4.03. The molecule has 0 aliphatic carbocycles. The SMILES string of the molecule is Cl.c1nn[nH]c1C1CCNCC1. The average Bonchev–Trinajstić information content (AvgIpc) is 2.58. The van der Waals surface area contributed by atoms with Gasteiger partial charge >= 0.3 is 0 Å². The lowest BCUT2D eigenvalue weighted by molar-refractivity contribution is 0.453. The first kappa shape index (κ1) is 9.48. The Balaban J connectivity index is 0.000000720. The zero-order chi connectivity index (χ0) is 7.52. The summed E-state index contributed by atoms with van der Waals surface area (Å²) in [4.78, 5) is 0. The minimum Gasteiger partial charge on any atom is -0.317 e. The summed E-state index contributed by atoms with van der Waals surface area (Å²) in [5.74, 6) is 0.645. The van der Waals surface area contributed by atoms with Crippen molar-refractivity contribution < 1.29 is 0 Å². The summed E-state index contributed by atoms with van der Waals surface area (Å²) >= 11 is 0. The number of H-pyrrole nitrogens is 1. The highest BCUT2D eigenvalue weighted by molar-refractivity contribution is 5.85. The van der Waals surface area contributed by atoms with E-state index in [0.29, 0.717) is 5.92 Å². The molecule has 1 aromatic rings. The zero-order valence-corrected chi connectivity index (χ0v) is 7.60. The van der Waals surface area contributed by atoms with Gasteiger partial charge in [-0.15, -0.1) is 17.5 Å². The Labute approximate surface area is 77.5 Å². The third kappa shape index (κ3) is 1.95. The molecule has 1 aliphatic heterocycles. The van der Waals surface area contributed by atoms with Crippen LogP contribution < -0.4 is 5.32 Å². The number of rotatable bonds is 1. The fourth-order valence-electron chi connectivity index (χ4n) is 1.54. The van der Waals surface area contributed by atoms with Gasteiger partial charge in [0.2, 0.25) is 0 Å². The molecule has 1 saturated heterocycles. The van der Waals surface area contributed by atoms with Crippen LogP contribution >= 0.6 is 12.4 Å². The van der Waals surface area contributed by atoms with E-state index in [-0.39, 0.29) is 12.4 Å². The van der Waals surface area contributed by atoms with Gasteiger partial charge in [-0.3, -0.25) is 5.10 Å². The molecule has 1 fully saturated rings. The smallest absolute Gasteiger partial charge is 0.0725 e. The number of nitrogens with one attached hydrogen (secondary N) is 2. The molecule has 0 radical (unpaired) electrons. The summed E-state index contributed by atoms with van der Waals surface area (Å²) in [6, 6.07) is 0. The van der Waals surface area contributed by atoms with Crippen LogP contribution in [0.3, 0.4) is 0 Å². The van der Waals surface area contributed by atoms with Crippen molar-refractivity contribution in [2.24, 2.45) is 0 Å². The molecular weight excluding hydrogens is 176 g/mol. The summed E-state index contributed by atoms with van der Waals surface area (Å²) in [6.45, 7) is 2.23. The number of halogens is 1. The Morgan fingerprint density at radius 1 is 1.33 bits per heavy atom. The monoisotopic (exact) mass is 188 g/mol. The van der Waals surface area contributed by atoms with Crippen LogP contribution in [0, 0.1) is 0 Å². The van der Waals surface area contributed by atoms with Gasteiger partial charge in [0.05, 0.1) is 11.9 Å². The third-order valence-electron chi connectivity index (χ3n) is 2.21. The van der Waals surface area contributed by atoms with E-state index in [1.54, 1.807) is 0 Å². The van der Waals surface area contributed by atoms with Crippen molar-refractivity contribution in [2.45, 2.75) is 18.8 Å². The van der Waals surface area contributed by atoms with Crippen molar-refractivity contribution >= 4 is 12.4 Å². The van der Waals surface area contributed by atoms with E-state index >= 15 is 0 Å². The molecule has 1 aromatic heterocycles. The highest BCUT2D eigenvalue weighted by Gasteiger charge is 2.15. The standard InChI is InChI=1S/C7H12N4.ClH/c1-3-8-4-2-6(1)7-5-9-11-10-7;/h5-6,8H,1-4H2,(H,9,10,11);1H. The van der Waals surface area contributed by atoms with Gasteiger partial charge in [-0.25, -0.2) is 0 Å². The summed E-state index contributed by atoms with van der Waals surface area (Å²) in [5.41, 5.74) is 1.19. The van der Waals surface area contributed by atoms with E-state index in [1.165, 1.54) is 18.5 Å². The molecule has 0 amide bonds. The highest BCUT2D eigenvalue weighted by Crippen LogP contribution is 2.21. The van der Waals surface area contributed by atoms with Gasteiger partial charge in [-0.05, 0) is 25.9 Å². The fourth-order valence-corrected chi connectivity index (χ4v) is 1.54. The van der Waals surface area contributed by atoms with E-state index < -0.39 is 0 Å². The second-order valence-electron chi connectivity index (χ2n) is 2.94. The maximum atomic E-state index is 3.77. The predicted molar refractivity (Wildman–Crippen MR) is 48.5 cm³/mol. The molecule has 2 heterocycles. The molecule has 5 heteroatoms. The zero-order valence-electron chi connectivity index (χ0n) is 6.79. The highest BCUT2D eigenvalue weighted by atomic mass is 35.5. The lowest BCUT2D eigenvalue weighted by atomic mass is 9.95. The van der Waals surface area contributed by atoms with Crippen LogP contribution in [0.25, 0.3) is 0 Å². The summed E-state index contributed by atoms with van der Waals surface area (Å²) in [7, 11) is 0. The van der Waals surface area contributed by atoms with Crippen molar-refractivity contribution in [1.29, 1.82) is 0 Å². The Kier molecular flexibility index (Phi) is 3.49. The number of nitrogens with zero attached hydrogens (tertiary/aromatic N) is 2. The predicted octanol–water partition coefficient (Wildman–Crippen LogP) is 0.694. The molecule has 0 bridgehead atoms. The first-order valence-electron chi connectivity index (χ1n) is 4.03. The number of piperidine rings is 1. The lowest BCUT2D eigenvalue weighted by Gasteiger charge is -2.20. The molecule has 4 nitrogen and oxygen atoms in total. The van der Waals surface area contributed by atoms with E-state index in [1.807, 2.05) is 6.20 Å². The largest absolute Gasteiger partial charge is 0.317 e. The minimum absolute atomic E-state index is 0. The van der Waals surface area contributed by atoms with Gasteiger partial charge in [-0.1, -0.05) is 5.21 Å². The van der Waals surface area contributed by atoms with Crippen LogP contribution in [0.1, 0.15) is 24.5 Å². The molecule has 2 rings (SSSR count). The van der Waals surface area contributed by atoms with Crippen molar-refractivity contribution in [3.63, 3.8) is 0 Å². The first-order chi connectivity index (χ1) is 5.47. The fraction of sp³-hybridized carbons (Fsp3) is 0.714. The number of hydrogen-bond donors (Lipinski definition) is 2. The van der Waals surface area contributed by atoms with Crippen LogP contribution in [0.5, 0.6) is 0 Å². The second kappa shape index (κ2) is 4.42. The summed E-state index contributed by atoms with van der Waals surface area (Å²) in [5, 5.41) is 13.7. The van der Waals surface area contributed by atoms with Crippen LogP contribution in [0.2, 0.25) is 0 Å². The number of aromatic amines is 1.